The Bertz CT molecular complexity index is 645. The van der Waals surface area contributed by atoms with Crippen molar-refractivity contribution in [3.63, 3.8) is 0 Å². The van der Waals surface area contributed by atoms with Crippen molar-refractivity contribution >= 4 is 5.69 Å². The largest absolute Gasteiger partial charge is 0.493 e. The topological polar surface area (TPSA) is 68.5 Å². The number of rotatable bonds is 5. The van der Waals surface area contributed by atoms with Crippen LogP contribution in [-0.2, 0) is 0 Å². The van der Waals surface area contributed by atoms with Gasteiger partial charge in [-0.1, -0.05) is 24.3 Å². The number of hydrogen-bond donors (Lipinski definition) is 3. The van der Waals surface area contributed by atoms with E-state index in [1.54, 1.807) is 7.11 Å². The molecule has 1 fully saturated rings. The van der Waals surface area contributed by atoms with Crippen molar-refractivity contribution in [1.29, 1.82) is 0 Å². The molecule has 5 nitrogen and oxygen atoms in total. The zero-order valence-corrected chi connectivity index (χ0v) is 13.5. The van der Waals surface area contributed by atoms with Crippen molar-refractivity contribution in [2.45, 2.75) is 31.5 Å². The first-order chi connectivity index (χ1) is 11.2. The fourth-order valence-electron chi connectivity index (χ4n) is 2.83. The fraction of sp³-hybridized carbons (Fsp3) is 0.333. The van der Waals surface area contributed by atoms with Crippen LogP contribution in [0.5, 0.6) is 11.5 Å². The maximum Gasteiger partial charge on any atom is 0.161 e. The monoisotopic (exact) mass is 313 g/mol. The highest BCUT2D eigenvalue weighted by Crippen LogP contribution is 2.30. The molecule has 0 bridgehead atoms. The third-order valence-electron chi connectivity index (χ3n) is 4.22. The molecule has 2 aromatic carbocycles. The number of nitrogens with two attached hydrogens (primary N) is 1. The lowest BCUT2D eigenvalue weighted by molar-refractivity contribution is 0.170. The first-order valence-electron chi connectivity index (χ1n) is 7.83. The number of benzene rings is 2. The number of nitrogen functional groups attached to an aromatic ring is 1. The Hall–Kier alpha value is -2.24. The molecule has 0 aromatic heterocycles. The van der Waals surface area contributed by atoms with Gasteiger partial charge in [0.15, 0.2) is 11.5 Å². The Kier molecular flexibility index (Phi) is 4.69. The molecule has 4 N–H and O–H groups in total. The average molecular weight is 313 g/mol. The van der Waals surface area contributed by atoms with Crippen molar-refractivity contribution in [2.75, 3.05) is 12.8 Å². The van der Waals surface area contributed by atoms with Crippen LogP contribution in [0.15, 0.2) is 48.5 Å². The molecule has 2 aromatic rings. The standard InChI is InChI=1S/C18H23N3O2/c1-12(23-18-6-4-3-5-17(18)22-2)15-11-16(21-20-15)13-7-9-14(19)10-8-13/h3-10,12,15-16,20-21H,11,19H2,1-2H3. The third kappa shape index (κ3) is 3.57. The minimum Gasteiger partial charge on any atom is -0.493 e. The van der Waals surface area contributed by atoms with E-state index in [4.69, 9.17) is 15.2 Å². The first-order valence-corrected chi connectivity index (χ1v) is 7.83. The van der Waals surface area contributed by atoms with Crippen LogP contribution in [0.4, 0.5) is 5.69 Å². The molecule has 3 atom stereocenters. The van der Waals surface area contributed by atoms with Gasteiger partial charge in [-0.3, -0.25) is 5.43 Å². The zero-order valence-electron chi connectivity index (χ0n) is 13.5. The van der Waals surface area contributed by atoms with Crippen LogP contribution in [0, 0.1) is 0 Å². The molecule has 3 unspecified atom stereocenters. The normalized spacial score (nSPS) is 21.8. The molecular weight excluding hydrogens is 290 g/mol. The van der Waals surface area contributed by atoms with Crippen molar-refractivity contribution in [3.05, 3.63) is 54.1 Å². The van der Waals surface area contributed by atoms with E-state index in [1.165, 1.54) is 5.56 Å². The third-order valence-corrected chi connectivity index (χ3v) is 4.22. The summed E-state index contributed by atoms with van der Waals surface area (Å²) in [5.41, 5.74) is 14.4. The van der Waals surface area contributed by atoms with Gasteiger partial charge in [0.1, 0.15) is 6.10 Å². The van der Waals surface area contributed by atoms with E-state index in [0.717, 1.165) is 23.6 Å². The molecule has 5 heteroatoms. The highest BCUT2D eigenvalue weighted by atomic mass is 16.5. The predicted octanol–water partition coefficient (Wildman–Crippen LogP) is 2.65. The van der Waals surface area contributed by atoms with Crippen LogP contribution in [0.3, 0.4) is 0 Å². The summed E-state index contributed by atoms with van der Waals surface area (Å²) in [6.45, 7) is 2.07. The molecule has 0 amide bonds. The number of methoxy groups -OCH3 is 1. The molecule has 0 aliphatic carbocycles. The first kappa shape index (κ1) is 15.6. The van der Waals surface area contributed by atoms with Gasteiger partial charge >= 0.3 is 0 Å². The second-order valence-corrected chi connectivity index (χ2v) is 5.82. The van der Waals surface area contributed by atoms with Crippen LogP contribution in [0.25, 0.3) is 0 Å². The van der Waals surface area contributed by atoms with E-state index in [-0.39, 0.29) is 18.2 Å². The summed E-state index contributed by atoms with van der Waals surface area (Å²) in [6.07, 6.45) is 0.956. The van der Waals surface area contributed by atoms with Gasteiger partial charge < -0.3 is 15.2 Å². The van der Waals surface area contributed by atoms with Gasteiger partial charge in [0.2, 0.25) is 0 Å². The summed E-state index contributed by atoms with van der Waals surface area (Å²) in [6, 6.07) is 16.1. The molecule has 1 aliphatic heterocycles. The summed E-state index contributed by atoms with van der Waals surface area (Å²) in [7, 11) is 1.65. The fourth-order valence-corrected chi connectivity index (χ4v) is 2.83. The van der Waals surface area contributed by atoms with E-state index in [9.17, 15) is 0 Å². The van der Waals surface area contributed by atoms with E-state index in [2.05, 4.69) is 29.9 Å². The Labute approximate surface area is 136 Å². The van der Waals surface area contributed by atoms with Gasteiger partial charge in [0, 0.05) is 11.7 Å². The Balaban J connectivity index is 1.63. The van der Waals surface area contributed by atoms with Crippen LogP contribution >= 0.6 is 0 Å². The zero-order chi connectivity index (χ0) is 16.2. The highest BCUT2D eigenvalue weighted by molar-refractivity contribution is 5.41. The highest BCUT2D eigenvalue weighted by Gasteiger charge is 2.30. The van der Waals surface area contributed by atoms with E-state index in [0.29, 0.717) is 0 Å². The number of hydrazine groups is 1. The molecule has 0 saturated carbocycles. The molecule has 0 spiro atoms. The maximum absolute atomic E-state index is 6.08. The summed E-state index contributed by atoms with van der Waals surface area (Å²) < 4.78 is 11.4. The molecule has 122 valence electrons. The quantitative estimate of drug-likeness (QED) is 0.741. The van der Waals surface area contributed by atoms with Gasteiger partial charge in [-0.15, -0.1) is 0 Å². The van der Waals surface area contributed by atoms with Crippen molar-refractivity contribution < 1.29 is 9.47 Å². The number of nitrogens with one attached hydrogen (secondary N) is 2. The Morgan fingerprint density at radius 2 is 1.74 bits per heavy atom. The van der Waals surface area contributed by atoms with E-state index >= 15 is 0 Å². The van der Waals surface area contributed by atoms with Crippen LogP contribution < -0.4 is 26.1 Å². The number of ether oxygens (including phenoxy) is 2. The molecule has 0 radical (unpaired) electrons. The Morgan fingerprint density at radius 3 is 2.43 bits per heavy atom. The number of anilines is 1. The number of hydrogen-bond acceptors (Lipinski definition) is 5. The van der Waals surface area contributed by atoms with Gasteiger partial charge in [0.25, 0.3) is 0 Å². The molecule has 23 heavy (non-hydrogen) atoms. The molecule has 1 aliphatic rings. The minimum absolute atomic E-state index is 0.0116. The molecule has 1 heterocycles. The van der Waals surface area contributed by atoms with Crippen LogP contribution in [0.2, 0.25) is 0 Å². The maximum atomic E-state index is 6.08. The van der Waals surface area contributed by atoms with Crippen LogP contribution in [0.1, 0.15) is 24.9 Å². The molecule has 1 saturated heterocycles. The molecule has 3 rings (SSSR count). The smallest absolute Gasteiger partial charge is 0.161 e. The summed E-state index contributed by atoms with van der Waals surface area (Å²) in [5, 5.41) is 0. The second-order valence-electron chi connectivity index (χ2n) is 5.82. The summed E-state index contributed by atoms with van der Waals surface area (Å²) in [5.74, 6) is 1.51. The minimum atomic E-state index is 0.0116. The van der Waals surface area contributed by atoms with Gasteiger partial charge in [0.05, 0.1) is 13.2 Å². The summed E-state index contributed by atoms with van der Waals surface area (Å²) >= 11 is 0. The van der Waals surface area contributed by atoms with E-state index in [1.807, 2.05) is 36.4 Å². The lowest BCUT2D eigenvalue weighted by Gasteiger charge is -2.21. The van der Waals surface area contributed by atoms with Gasteiger partial charge in [-0.25, -0.2) is 5.43 Å². The van der Waals surface area contributed by atoms with Gasteiger partial charge in [-0.05, 0) is 43.2 Å². The van der Waals surface area contributed by atoms with Gasteiger partial charge in [-0.2, -0.15) is 0 Å². The van der Waals surface area contributed by atoms with E-state index < -0.39 is 0 Å². The Morgan fingerprint density at radius 1 is 1.04 bits per heavy atom. The number of para-hydroxylation sites is 2. The lowest BCUT2D eigenvalue weighted by atomic mass is 9.99. The average Bonchev–Trinajstić information content (AvgIpc) is 3.06. The predicted molar refractivity (Wildman–Crippen MR) is 91.4 cm³/mol. The summed E-state index contributed by atoms with van der Waals surface area (Å²) in [4.78, 5) is 0. The molecular formula is C18H23N3O2. The van der Waals surface area contributed by atoms with Crippen LogP contribution in [-0.4, -0.2) is 19.3 Å². The van der Waals surface area contributed by atoms with Crippen molar-refractivity contribution in [3.8, 4) is 11.5 Å². The SMILES string of the molecule is COc1ccccc1OC(C)C1CC(c2ccc(N)cc2)NN1. The lowest BCUT2D eigenvalue weighted by Crippen LogP contribution is -2.40. The van der Waals surface area contributed by atoms with Crippen molar-refractivity contribution in [1.82, 2.24) is 10.9 Å². The second kappa shape index (κ2) is 6.89. The van der Waals surface area contributed by atoms with Crippen molar-refractivity contribution in [2.24, 2.45) is 0 Å².